The molecule has 0 aliphatic rings. The predicted molar refractivity (Wildman–Crippen MR) is 58.6 cm³/mol. The summed E-state index contributed by atoms with van der Waals surface area (Å²) >= 11 is 1.48. The van der Waals surface area contributed by atoms with E-state index in [4.69, 9.17) is 0 Å². The molecule has 14 heavy (non-hydrogen) atoms. The first-order chi connectivity index (χ1) is 6.65. The normalized spacial score (nSPS) is 10.3. The Hall–Kier alpha value is -1.03. The Bertz CT molecular complexity index is 326. The molecule has 0 spiro atoms. The maximum absolute atomic E-state index is 11.7. The largest absolute Gasteiger partial charge is 0.350 e. The summed E-state index contributed by atoms with van der Waals surface area (Å²) < 4.78 is 0. The lowest BCUT2D eigenvalue weighted by molar-refractivity contribution is 0.0939. The molecule has 1 amide bonds. The Morgan fingerprint density at radius 1 is 1.57 bits per heavy atom. The van der Waals surface area contributed by atoms with Crippen LogP contribution in [0.2, 0.25) is 0 Å². The van der Waals surface area contributed by atoms with Crippen LogP contribution >= 0.6 is 11.8 Å². The third-order valence-electron chi connectivity index (χ3n) is 1.63. The zero-order valence-electron chi connectivity index (χ0n) is 8.57. The van der Waals surface area contributed by atoms with E-state index in [0.29, 0.717) is 5.56 Å². The number of carbonyl (C=O) groups is 1. The van der Waals surface area contributed by atoms with Gasteiger partial charge in [-0.25, -0.2) is 4.98 Å². The molecule has 0 aliphatic heterocycles. The van der Waals surface area contributed by atoms with E-state index in [2.05, 4.69) is 10.3 Å². The van der Waals surface area contributed by atoms with Crippen LogP contribution in [0.3, 0.4) is 0 Å². The van der Waals surface area contributed by atoms with E-state index in [1.165, 1.54) is 11.8 Å². The summed E-state index contributed by atoms with van der Waals surface area (Å²) in [6.07, 6.45) is 3.60. The van der Waals surface area contributed by atoms with Crippen molar-refractivity contribution in [1.29, 1.82) is 0 Å². The van der Waals surface area contributed by atoms with Crippen molar-refractivity contribution >= 4 is 17.7 Å². The van der Waals surface area contributed by atoms with Crippen molar-refractivity contribution in [3.05, 3.63) is 23.9 Å². The highest BCUT2D eigenvalue weighted by Crippen LogP contribution is 2.16. The molecule has 1 heterocycles. The molecule has 0 saturated carbocycles. The molecule has 0 atom stereocenters. The van der Waals surface area contributed by atoms with Gasteiger partial charge in [-0.1, -0.05) is 0 Å². The minimum absolute atomic E-state index is 0.0579. The number of carbonyl (C=O) groups excluding carboxylic acids is 1. The van der Waals surface area contributed by atoms with Crippen molar-refractivity contribution in [1.82, 2.24) is 10.3 Å². The molecule has 1 aromatic rings. The molecule has 0 unspecified atom stereocenters. The van der Waals surface area contributed by atoms with Crippen LogP contribution in [0.5, 0.6) is 0 Å². The van der Waals surface area contributed by atoms with Gasteiger partial charge in [-0.3, -0.25) is 4.79 Å². The summed E-state index contributed by atoms with van der Waals surface area (Å²) in [6, 6.07) is 3.71. The number of nitrogens with one attached hydrogen (secondary N) is 1. The van der Waals surface area contributed by atoms with Crippen molar-refractivity contribution in [2.75, 3.05) is 6.26 Å². The molecule has 0 saturated heterocycles. The first-order valence-corrected chi connectivity index (χ1v) is 5.67. The van der Waals surface area contributed by atoms with Gasteiger partial charge in [-0.05, 0) is 32.2 Å². The average molecular weight is 210 g/mol. The summed E-state index contributed by atoms with van der Waals surface area (Å²) in [7, 11) is 0. The van der Waals surface area contributed by atoms with E-state index < -0.39 is 0 Å². The number of hydrogen-bond acceptors (Lipinski definition) is 3. The molecule has 0 aliphatic carbocycles. The number of rotatable bonds is 3. The van der Waals surface area contributed by atoms with Crippen LogP contribution in [0.15, 0.2) is 23.4 Å². The van der Waals surface area contributed by atoms with Gasteiger partial charge in [0.25, 0.3) is 5.91 Å². The smallest absolute Gasteiger partial charge is 0.254 e. The minimum Gasteiger partial charge on any atom is -0.350 e. The third kappa shape index (κ3) is 2.73. The maximum atomic E-state index is 11.7. The number of nitrogens with zero attached hydrogens (tertiary/aromatic N) is 1. The SMILES string of the molecule is CSc1ncccc1C(=O)NC(C)C. The van der Waals surface area contributed by atoms with Gasteiger partial charge in [-0.2, -0.15) is 0 Å². The topological polar surface area (TPSA) is 42.0 Å². The first kappa shape index (κ1) is 11.0. The van der Waals surface area contributed by atoms with Crippen LogP contribution in [0.25, 0.3) is 0 Å². The summed E-state index contributed by atoms with van der Waals surface area (Å²) in [4.78, 5) is 15.8. The standard InChI is InChI=1S/C10H14N2OS/c1-7(2)12-9(13)8-5-4-6-11-10(8)14-3/h4-7H,1-3H3,(H,12,13). The molecule has 76 valence electrons. The summed E-state index contributed by atoms with van der Waals surface area (Å²) in [5.41, 5.74) is 0.647. The Kier molecular flexibility index (Phi) is 3.95. The molecule has 0 radical (unpaired) electrons. The zero-order valence-corrected chi connectivity index (χ0v) is 9.39. The second-order valence-electron chi connectivity index (χ2n) is 3.19. The van der Waals surface area contributed by atoms with Crippen LogP contribution < -0.4 is 5.32 Å². The predicted octanol–water partition coefficient (Wildman–Crippen LogP) is 1.94. The number of thioether (sulfide) groups is 1. The van der Waals surface area contributed by atoms with E-state index >= 15 is 0 Å². The van der Waals surface area contributed by atoms with Gasteiger partial charge in [0.2, 0.25) is 0 Å². The van der Waals surface area contributed by atoms with Gasteiger partial charge in [0.05, 0.1) is 5.56 Å². The number of amides is 1. The quantitative estimate of drug-likeness (QED) is 0.775. The first-order valence-electron chi connectivity index (χ1n) is 4.45. The number of aromatic nitrogens is 1. The fourth-order valence-electron chi connectivity index (χ4n) is 1.07. The highest BCUT2D eigenvalue weighted by atomic mass is 32.2. The molecule has 3 nitrogen and oxygen atoms in total. The van der Waals surface area contributed by atoms with Gasteiger partial charge in [0, 0.05) is 12.2 Å². The minimum atomic E-state index is -0.0579. The van der Waals surface area contributed by atoms with Gasteiger partial charge in [0.1, 0.15) is 5.03 Å². The average Bonchev–Trinajstić information content (AvgIpc) is 2.16. The van der Waals surface area contributed by atoms with Gasteiger partial charge < -0.3 is 5.32 Å². The second-order valence-corrected chi connectivity index (χ2v) is 3.98. The van der Waals surface area contributed by atoms with Crippen molar-refractivity contribution < 1.29 is 4.79 Å². The fraction of sp³-hybridized carbons (Fsp3) is 0.400. The molecule has 0 bridgehead atoms. The molecular formula is C10H14N2OS. The van der Waals surface area contributed by atoms with Crippen LogP contribution in [0, 0.1) is 0 Å². The Labute approximate surface area is 88.3 Å². The highest BCUT2D eigenvalue weighted by molar-refractivity contribution is 7.98. The highest BCUT2D eigenvalue weighted by Gasteiger charge is 2.11. The summed E-state index contributed by atoms with van der Waals surface area (Å²) in [6.45, 7) is 3.88. The summed E-state index contributed by atoms with van der Waals surface area (Å²) in [5, 5.41) is 3.61. The summed E-state index contributed by atoms with van der Waals surface area (Å²) in [5.74, 6) is -0.0579. The van der Waals surface area contributed by atoms with E-state index in [1.807, 2.05) is 20.1 Å². The Balaban J connectivity index is 2.88. The number of hydrogen-bond donors (Lipinski definition) is 1. The van der Waals surface area contributed by atoms with E-state index in [1.54, 1.807) is 18.3 Å². The van der Waals surface area contributed by atoms with Crippen molar-refractivity contribution in [2.45, 2.75) is 24.9 Å². The lowest BCUT2D eigenvalue weighted by Crippen LogP contribution is -2.30. The lowest BCUT2D eigenvalue weighted by Gasteiger charge is -2.09. The van der Waals surface area contributed by atoms with Crippen molar-refractivity contribution in [3.8, 4) is 0 Å². The maximum Gasteiger partial charge on any atom is 0.254 e. The molecule has 0 aromatic carbocycles. The Morgan fingerprint density at radius 2 is 2.29 bits per heavy atom. The molecule has 1 N–H and O–H groups in total. The van der Waals surface area contributed by atoms with Crippen molar-refractivity contribution in [2.24, 2.45) is 0 Å². The van der Waals surface area contributed by atoms with Crippen LogP contribution in [-0.4, -0.2) is 23.2 Å². The molecule has 1 aromatic heterocycles. The lowest BCUT2D eigenvalue weighted by atomic mass is 10.2. The van der Waals surface area contributed by atoms with Crippen LogP contribution in [0.1, 0.15) is 24.2 Å². The van der Waals surface area contributed by atoms with Gasteiger partial charge in [-0.15, -0.1) is 11.8 Å². The fourth-order valence-corrected chi connectivity index (χ4v) is 1.61. The zero-order chi connectivity index (χ0) is 10.6. The van der Waals surface area contributed by atoms with Gasteiger partial charge in [0.15, 0.2) is 0 Å². The molecule has 1 rings (SSSR count). The van der Waals surface area contributed by atoms with Crippen LogP contribution in [-0.2, 0) is 0 Å². The van der Waals surface area contributed by atoms with E-state index in [0.717, 1.165) is 5.03 Å². The third-order valence-corrected chi connectivity index (χ3v) is 2.34. The van der Waals surface area contributed by atoms with E-state index in [9.17, 15) is 4.79 Å². The van der Waals surface area contributed by atoms with E-state index in [-0.39, 0.29) is 11.9 Å². The Morgan fingerprint density at radius 3 is 2.86 bits per heavy atom. The van der Waals surface area contributed by atoms with Crippen molar-refractivity contribution in [3.63, 3.8) is 0 Å². The molecule has 0 fully saturated rings. The van der Waals surface area contributed by atoms with Gasteiger partial charge >= 0.3 is 0 Å². The van der Waals surface area contributed by atoms with Crippen LogP contribution in [0.4, 0.5) is 0 Å². The monoisotopic (exact) mass is 210 g/mol. The second kappa shape index (κ2) is 5.00. The molecule has 4 heteroatoms. The number of pyridine rings is 1. The molecular weight excluding hydrogens is 196 g/mol.